The van der Waals surface area contributed by atoms with Gasteiger partial charge in [0.2, 0.25) is 5.91 Å². The Bertz CT molecular complexity index is 942. The molecule has 144 valence electrons. The van der Waals surface area contributed by atoms with Crippen molar-refractivity contribution >= 4 is 17.3 Å². The fraction of sp³-hybridized carbons (Fsp3) is 0.150. The van der Waals surface area contributed by atoms with E-state index in [1.807, 2.05) is 36.4 Å². The average molecular weight is 381 g/mol. The molecular formula is C20H19N3O5. The normalized spacial score (nSPS) is 11.6. The Balaban J connectivity index is 1.72. The third kappa shape index (κ3) is 4.54. The first-order chi connectivity index (χ1) is 13.6. The molecule has 3 aromatic rings. The summed E-state index contributed by atoms with van der Waals surface area (Å²) < 4.78 is 10.7. The average Bonchev–Trinajstić information content (AvgIpc) is 3.23. The van der Waals surface area contributed by atoms with Gasteiger partial charge in [-0.25, -0.2) is 0 Å². The van der Waals surface area contributed by atoms with Gasteiger partial charge >= 0.3 is 0 Å². The van der Waals surface area contributed by atoms with E-state index in [9.17, 15) is 14.9 Å². The van der Waals surface area contributed by atoms with Crippen molar-refractivity contribution < 1.29 is 18.9 Å². The highest BCUT2D eigenvalue weighted by Crippen LogP contribution is 2.29. The largest absolute Gasteiger partial charge is 0.495 e. The lowest BCUT2D eigenvalue weighted by Crippen LogP contribution is -2.31. The van der Waals surface area contributed by atoms with Gasteiger partial charge in [0.15, 0.2) is 0 Å². The van der Waals surface area contributed by atoms with Crippen LogP contribution in [0.1, 0.15) is 17.4 Å². The maximum Gasteiger partial charge on any atom is 0.271 e. The van der Waals surface area contributed by atoms with E-state index in [0.29, 0.717) is 11.5 Å². The summed E-state index contributed by atoms with van der Waals surface area (Å²) in [6.07, 6.45) is 1.57. The highest BCUT2D eigenvalue weighted by atomic mass is 16.6. The molecule has 2 N–H and O–H groups in total. The van der Waals surface area contributed by atoms with E-state index in [1.54, 1.807) is 12.3 Å². The molecule has 1 atom stereocenters. The number of nitro groups is 1. The first-order valence-electron chi connectivity index (χ1n) is 8.52. The summed E-state index contributed by atoms with van der Waals surface area (Å²) in [7, 11) is 1.43. The van der Waals surface area contributed by atoms with Gasteiger partial charge in [0.1, 0.15) is 11.5 Å². The highest BCUT2D eigenvalue weighted by Gasteiger charge is 2.19. The summed E-state index contributed by atoms with van der Waals surface area (Å²) in [4.78, 5) is 22.9. The number of hydrogen-bond donors (Lipinski definition) is 2. The molecule has 0 spiro atoms. The third-order valence-electron chi connectivity index (χ3n) is 4.10. The van der Waals surface area contributed by atoms with E-state index in [4.69, 9.17) is 9.15 Å². The zero-order chi connectivity index (χ0) is 19.9. The summed E-state index contributed by atoms with van der Waals surface area (Å²) in [6.45, 7) is -0.0356. The number of methoxy groups -OCH3 is 1. The van der Waals surface area contributed by atoms with Gasteiger partial charge in [-0.1, -0.05) is 30.3 Å². The Labute approximate surface area is 161 Å². The summed E-state index contributed by atoms with van der Waals surface area (Å²) in [5.74, 6) is 0.641. The second kappa shape index (κ2) is 8.83. The number of carbonyl (C=O) groups excluding carboxylic acids is 1. The molecule has 0 radical (unpaired) electrons. The topological polar surface area (TPSA) is 107 Å². The van der Waals surface area contributed by atoms with Crippen molar-refractivity contribution in [1.29, 1.82) is 0 Å². The number of hydrogen-bond acceptors (Lipinski definition) is 6. The Morgan fingerprint density at radius 3 is 2.61 bits per heavy atom. The van der Waals surface area contributed by atoms with Gasteiger partial charge in [0, 0.05) is 12.1 Å². The molecule has 1 heterocycles. The van der Waals surface area contributed by atoms with Crippen molar-refractivity contribution in [3.05, 3.63) is 88.4 Å². The molecule has 3 rings (SSSR count). The molecule has 1 amide bonds. The zero-order valence-electron chi connectivity index (χ0n) is 15.1. The van der Waals surface area contributed by atoms with Crippen LogP contribution in [0.4, 0.5) is 11.4 Å². The second-order valence-electron chi connectivity index (χ2n) is 5.93. The number of rotatable bonds is 8. The molecule has 0 saturated carbocycles. The summed E-state index contributed by atoms with van der Waals surface area (Å²) >= 11 is 0. The van der Waals surface area contributed by atoms with Crippen LogP contribution in [0.15, 0.2) is 71.3 Å². The molecule has 0 unspecified atom stereocenters. The number of ether oxygens (including phenoxy) is 1. The minimum absolute atomic E-state index is 0.0356. The lowest BCUT2D eigenvalue weighted by Gasteiger charge is -2.17. The van der Waals surface area contributed by atoms with Crippen molar-refractivity contribution in [1.82, 2.24) is 5.32 Å². The lowest BCUT2D eigenvalue weighted by atomic mass is 10.0. The van der Waals surface area contributed by atoms with Gasteiger partial charge in [-0.3, -0.25) is 20.2 Å². The fourth-order valence-electron chi connectivity index (χ4n) is 2.78. The van der Waals surface area contributed by atoms with E-state index in [0.717, 1.165) is 5.56 Å². The van der Waals surface area contributed by atoms with Crippen molar-refractivity contribution in [2.75, 3.05) is 19.0 Å². The van der Waals surface area contributed by atoms with E-state index in [-0.39, 0.29) is 29.9 Å². The summed E-state index contributed by atoms with van der Waals surface area (Å²) in [6, 6.07) is 16.9. The van der Waals surface area contributed by atoms with Crippen LogP contribution in [0.2, 0.25) is 0 Å². The van der Waals surface area contributed by atoms with E-state index < -0.39 is 4.92 Å². The van der Waals surface area contributed by atoms with Crippen molar-refractivity contribution in [3.63, 3.8) is 0 Å². The van der Waals surface area contributed by atoms with Crippen LogP contribution >= 0.6 is 0 Å². The molecule has 8 heteroatoms. The molecule has 0 bridgehead atoms. The Hall–Kier alpha value is -3.65. The number of benzene rings is 2. The minimum atomic E-state index is -0.532. The number of furan rings is 1. The van der Waals surface area contributed by atoms with E-state index in [1.165, 1.54) is 25.3 Å². The van der Waals surface area contributed by atoms with Crippen LogP contribution in [0.25, 0.3) is 0 Å². The predicted molar refractivity (Wildman–Crippen MR) is 103 cm³/mol. The number of nitrogens with one attached hydrogen (secondary N) is 2. The molecule has 8 nitrogen and oxygen atoms in total. The van der Waals surface area contributed by atoms with Crippen LogP contribution in [0.5, 0.6) is 5.75 Å². The monoisotopic (exact) mass is 381 g/mol. The SMILES string of the molecule is COc1ccc([N+](=O)[O-])cc1NC(=O)CN[C@H](c1ccccc1)c1ccco1. The maximum absolute atomic E-state index is 12.4. The molecular weight excluding hydrogens is 362 g/mol. The molecule has 0 aliphatic heterocycles. The number of anilines is 1. The zero-order valence-corrected chi connectivity index (χ0v) is 15.1. The Morgan fingerprint density at radius 2 is 1.96 bits per heavy atom. The van der Waals surface area contributed by atoms with E-state index in [2.05, 4.69) is 10.6 Å². The molecule has 0 saturated heterocycles. The Morgan fingerprint density at radius 1 is 1.18 bits per heavy atom. The number of non-ortho nitro benzene ring substituents is 1. The quantitative estimate of drug-likeness (QED) is 0.457. The van der Waals surface area contributed by atoms with Crippen LogP contribution in [0, 0.1) is 10.1 Å². The highest BCUT2D eigenvalue weighted by molar-refractivity contribution is 5.94. The van der Waals surface area contributed by atoms with E-state index >= 15 is 0 Å². The molecule has 0 fully saturated rings. The third-order valence-corrected chi connectivity index (χ3v) is 4.10. The summed E-state index contributed by atoms with van der Waals surface area (Å²) in [5, 5.41) is 16.8. The smallest absolute Gasteiger partial charge is 0.271 e. The van der Waals surface area contributed by atoms with Crippen molar-refractivity contribution in [3.8, 4) is 5.75 Å². The number of amides is 1. The predicted octanol–water partition coefficient (Wildman–Crippen LogP) is 3.51. The van der Waals surface area contributed by atoms with Gasteiger partial charge in [-0.15, -0.1) is 0 Å². The van der Waals surface area contributed by atoms with Crippen molar-refractivity contribution in [2.45, 2.75) is 6.04 Å². The fourth-order valence-corrected chi connectivity index (χ4v) is 2.78. The molecule has 2 aromatic carbocycles. The standard InChI is InChI=1S/C20H19N3O5/c1-27-17-10-9-15(23(25)26)12-16(17)22-19(24)13-21-20(18-8-5-11-28-18)14-6-3-2-4-7-14/h2-12,20-21H,13H2,1H3,(H,22,24)/t20-/m1/s1. The maximum atomic E-state index is 12.4. The number of carbonyl (C=O) groups is 1. The lowest BCUT2D eigenvalue weighted by molar-refractivity contribution is -0.384. The second-order valence-corrected chi connectivity index (χ2v) is 5.93. The van der Waals surface area contributed by atoms with Gasteiger partial charge in [0.05, 0.1) is 36.6 Å². The molecule has 0 aliphatic rings. The first kappa shape index (κ1) is 19.1. The Kier molecular flexibility index (Phi) is 6.03. The number of nitro benzene ring substituents is 1. The van der Waals surface area contributed by atoms with Gasteiger partial charge in [-0.2, -0.15) is 0 Å². The van der Waals surface area contributed by atoms with Crippen molar-refractivity contribution in [2.24, 2.45) is 0 Å². The van der Waals surface area contributed by atoms with Crippen LogP contribution < -0.4 is 15.4 Å². The molecule has 28 heavy (non-hydrogen) atoms. The molecule has 0 aliphatic carbocycles. The first-order valence-corrected chi connectivity index (χ1v) is 8.52. The van der Waals surface area contributed by atoms with Gasteiger partial charge in [0.25, 0.3) is 5.69 Å². The minimum Gasteiger partial charge on any atom is -0.495 e. The van der Waals surface area contributed by atoms with Crippen LogP contribution in [-0.4, -0.2) is 24.5 Å². The van der Waals surface area contributed by atoms with Crippen LogP contribution in [-0.2, 0) is 4.79 Å². The van der Waals surface area contributed by atoms with Gasteiger partial charge in [-0.05, 0) is 23.8 Å². The summed E-state index contributed by atoms with van der Waals surface area (Å²) in [5.41, 5.74) is 1.04. The molecule has 1 aromatic heterocycles. The van der Waals surface area contributed by atoms with Gasteiger partial charge < -0.3 is 14.5 Å². The number of nitrogens with zero attached hydrogens (tertiary/aromatic N) is 1. The van der Waals surface area contributed by atoms with Crippen LogP contribution in [0.3, 0.4) is 0 Å².